The van der Waals surface area contributed by atoms with E-state index in [1.807, 2.05) is 0 Å². The average Bonchev–Trinajstić information content (AvgIpc) is 3.58. The average molecular weight is 675 g/mol. The van der Waals surface area contributed by atoms with Gasteiger partial charge < -0.3 is 9.47 Å². The number of alkyl halides is 5. The summed E-state index contributed by atoms with van der Waals surface area (Å²) in [6.07, 6.45) is -3.99. The molecule has 0 radical (unpaired) electrons. The summed E-state index contributed by atoms with van der Waals surface area (Å²) < 4.78 is 133. The number of carbonyl (C=O) groups is 2. The van der Waals surface area contributed by atoms with E-state index >= 15 is 4.39 Å². The highest BCUT2D eigenvalue weighted by Crippen LogP contribution is 2.62. The van der Waals surface area contributed by atoms with Crippen molar-refractivity contribution < 1.29 is 58.2 Å². The SMILES string of the molecule is COC(=O)C12CCC(C(=O)CN(c3nc(-c4cc(F)cc(OC(F)F)c4)ccc3F)S(=O)(=O)c3cccc(C(F)(F)F)c3)(CC1)C2. The smallest absolute Gasteiger partial charge is 0.416 e. The van der Waals surface area contributed by atoms with Crippen LogP contribution in [0.3, 0.4) is 0 Å². The largest absolute Gasteiger partial charge is 0.469 e. The second-order valence-corrected chi connectivity index (χ2v) is 13.1. The number of sulfonamides is 1. The normalized spacial score (nSPS) is 21.0. The van der Waals surface area contributed by atoms with Gasteiger partial charge in [-0.3, -0.25) is 9.59 Å². The van der Waals surface area contributed by atoms with Crippen LogP contribution >= 0.6 is 0 Å². The van der Waals surface area contributed by atoms with E-state index in [0.717, 1.165) is 36.4 Å². The molecule has 8 nitrogen and oxygen atoms in total. The van der Waals surface area contributed by atoms with Gasteiger partial charge in [-0.2, -0.15) is 22.0 Å². The van der Waals surface area contributed by atoms with E-state index in [-0.39, 0.29) is 47.7 Å². The Labute approximate surface area is 258 Å². The standard InChI is InChI=1S/C30H25F7N2O6S/c1-44-26(41)29-9-7-28(16-29,8-10-29)24(40)15-39(46(42,43)21-4-2-3-18(13-21)30(35,36)37)25-22(32)5-6-23(38-25)17-11-19(31)14-20(12-17)45-27(33)34/h2-6,11-14,27H,7-10,15-16H2,1H3. The molecule has 246 valence electrons. The minimum atomic E-state index is -5.15. The second-order valence-electron chi connectivity index (χ2n) is 11.2. The zero-order valence-corrected chi connectivity index (χ0v) is 24.7. The van der Waals surface area contributed by atoms with E-state index in [9.17, 15) is 44.3 Å². The molecule has 0 amide bonds. The summed E-state index contributed by atoms with van der Waals surface area (Å²) in [5, 5.41) is 0. The number of hydrogen-bond acceptors (Lipinski definition) is 7. The Morgan fingerprint density at radius 1 is 0.978 bits per heavy atom. The molecule has 0 atom stereocenters. The summed E-state index contributed by atoms with van der Waals surface area (Å²) in [6, 6.07) is 6.69. The first-order chi connectivity index (χ1) is 21.5. The lowest BCUT2D eigenvalue weighted by atomic mass is 9.79. The predicted molar refractivity (Wildman–Crippen MR) is 147 cm³/mol. The van der Waals surface area contributed by atoms with Crippen molar-refractivity contribution in [2.24, 2.45) is 10.8 Å². The number of anilines is 1. The fourth-order valence-electron chi connectivity index (χ4n) is 6.26. The molecule has 0 saturated heterocycles. The Hall–Kier alpha value is -4.21. The van der Waals surface area contributed by atoms with Crippen molar-refractivity contribution in [1.82, 2.24) is 4.98 Å². The number of ketones is 1. The van der Waals surface area contributed by atoms with Gasteiger partial charge in [-0.1, -0.05) is 6.07 Å². The molecule has 2 aliphatic rings. The summed E-state index contributed by atoms with van der Waals surface area (Å²) in [7, 11) is -3.95. The van der Waals surface area contributed by atoms with Gasteiger partial charge in [-0.25, -0.2) is 26.5 Å². The van der Waals surface area contributed by atoms with E-state index in [1.165, 1.54) is 7.11 Å². The third-order valence-electron chi connectivity index (χ3n) is 8.54. The van der Waals surface area contributed by atoms with Crippen LogP contribution in [0.2, 0.25) is 0 Å². The van der Waals surface area contributed by atoms with Gasteiger partial charge in [0, 0.05) is 17.0 Å². The quantitative estimate of drug-likeness (QED) is 0.178. The molecule has 2 aliphatic carbocycles. The summed E-state index contributed by atoms with van der Waals surface area (Å²) >= 11 is 0. The summed E-state index contributed by atoms with van der Waals surface area (Å²) in [5.74, 6) is -5.27. The van der Waals surface area contributed by atoms with Crippen LogP contribution in [0.15, 0.2) is 59.5 Å². The first-order valence-electron chi connectivity index (χ1n) is 13.7. The highest BCUT2D eigenvalue weighted by atomic mass is 32.2. The maximum absolute atomic E-state index is 15.5. The maximum atomic E-state index is 15.5. The van der Waals surface area contributed by atoms with Gasteiger partial charge in [0.25, 0.3) is 10.0 Å². The van der Waals surface area contributed by atoms with Gasteiger partial charge in [0.2, 0.25) is 0 Å². The number of aromatic nitrogens is 1. The number of pyridine rings is 1. The van der Waals surface area contributed by atoms with E-state index in [4.69, 9.17) is 4.74 Å². The van der Waals surface area contributed by atoms with Crippen molar-refractivity contribution in [1.29, 1.82) is 0 Å². The third-order valence-corrected chi connectivity index (χ3v) is 10.3. The minimum Gasteiger partial charge on any atom is -0.469 e. The van der Waals surface area contributed by atoms with Gasteiger partial charge in [0.15, 0.2) is 17.4 Å². The highest BCUT2D eigenvalue weighted by molar-refractivity contribution is 7.92. The number of ether oxygens (including phenoxy) is 2. The molecule has 0 aliphatic heterocycles. The molecular formula is C30H25F7N2O6S. The van der Waals surface area contributed by atoms with E-state index < -0.39 is 85.6 Å². The van der Waals surface area contributed by atoms with Crippen LogP contribution in [-0.4, -0.2) is 45.4 Å². The van der Waals surface area contributed by atoms with E-state index in [2.05, 4.69) is 9.72 Å². The summed E-state index contributed by atoms with van der Waals surface area (Å²) in [6.45, 7) is -4.40. The number of esters is 1. The number of Topliss-reactive ketones (excluding diaryl/α,β-unsaturated/α-hetero) is 1. The third kappa shape index (κ3) is 6.13. The highest BCUT2D eigenvalue weighted by Gasteiger charge is 2.61. The zero-order chi connectivity index (χ0) is 33.7. The van der Waals surface area contributed by atoms with E-state index in [1.54, 1.807) is 0 Å². The van der Waals surface area contributed by atoms with Crippen LogP contribution in [0.1, 0.15) is 37.7 Å². The van der Waals surface area contributed by atoms with Crippen molar-refractivity contribution >= 4 is 27.6 Å². The fourth-order valence-corrected chi connectivity index (χ4v) is 7.68. The van der Waals surface area contributed by atoms with E-state index in [0.29, 0.717) is 18.2 Å². The molecule has 2 bridgehead atoms. The van der Waals surface area contributed by atoms with Crippen molar-refractivity contribution in [2.75, 3.05) is 18.0 Å². The lowest BCUT2D eigenvalue weighted by molar-refractivity contribution is -0.152. The van der Waals surface area contributed by atoms with Crippen molar-refractivity contribution in [2.45, 2.75) is 49.8 Å². The van der Waals surface area contributed by atoms with Crippen LogP contribution in [0, 0.1) is 22.5 Å². The Bertz CT molecular complexity index is 1790. The van der Waals surface area contributed by atoms with Gasteiger partial charge in [-0.15, -0.1) is 0 Å². The molecule has 2 aromatic carbocycles. The van der Waals surface area contributed by atoms with Gasteiger partial charge >= 0.3 is 18.8 Å². The first kappa shape index (κ1) is 33.2. The molecule has 5 rings (SSSR count). The molecule has 16 heteroatoms. The number of rotatable bonds is 10. The van der Waals surface area contributed by atoms with Gasteiger partial charge in [0.1, 0.15) is 11.6 Å². The monoisotopic (exact) mass is 674 g/mol. The number of carbonyl (C=O) groups excluding carboxylic acids is 2. The lowest BCUT2D eigenvalue weighted by Gasteiger charge is -2.30. The maximum Gasteiger partial charge on any atom is 0.416 e. The van der Waals surface area contributed by atoms with Crippen molar-refractivity contribution in [3.8, 4) is 17.0 Å². The minimum absolute atomic E-state index is 0.0368. The molecule has 0 spiro atoms. The Morgan fingerprint density at radius 3 is 2.28 bits per heavy atom. The second kappa shape index (κ2) is 11.9. The van der Waals surface area contributed by atoms with Crippen molar-refractivity contribution in [3.05, 3.63) is 71.8 Å². The molecule has 2 saturated carbocycles. The molecule has 46 heavy (non-hydrogen) atoms. The van der Waals surface area contributed by atoms with Crippen LogP contribution in [0.25, 0.3) is 11.3 Å². The number of methoxy groups -OCH3 is 1. The molecule has 0 unspecified atom stereocenters. The van der Waals surface area contributed by atoms with Crippen LogP contribution in [0.5, 0.6) is 5.75 Å². The van der Waals surface area contributed by atoms with Crippen LogP contribution in [0.4, 0.5) is 36.6 Å². The lowest BCUT2D eigenvalue weighted by Crippen LogP contribution is -2.42. The molecule has 1 heterocycles. The van der Waals surface area contributed by atoms with Gasteiger partial charge in [-0.05, 0) is 74.6 Å². The fraction of sp³-hybridized carbons (Fsp3) is 0.367. The van der Waals surface area contributed by atoms with Crippen LogP contribution < -0.4 is 9.04 Å². The molecule has 2 fully saturated rings. The number of hydrogen-bond donors (Lipinski definition) is 0. The number of nitrogens with zero attached hydrogens (tertiary/aromatic N) is 2. The Balaban J connectivity index is 1.61. The summed E-state index contributed by atoms with van der Waals surface area (Å²) in [4.78, 5) is 29.5. The van der Waals surface area contributed by atoms with Crippen molar-refractivity contribution in [3.63, 3.8) is 0 Å². The Morgan fingerprint density at radius 2 is 1.65 bits per heavy atom. The topological polar surface area (TPSA) is 103 Å². The van der Waals surface area contributed by atoms with Gasteiger partial charge in [0.05, 0.1) is 35.2 Å². The van der Waals surface area contributed by atoms with Crippen LogP contribution in [-0.2, 0) is 30.5 Å². The number of halogens is 7. The zero-order valence-electron chi connectivity index (χ0n) is 23.9. The Kier molecular flexibility index (Phi) is 8.55. The first-order valence-corrected chi connectivity index (χ1v) is 15.2. The summed E-state index contributed by atoms with van der Waals surface area (Å²) in [5.41, 5.74) is -4.08. The molecule has 3 aromatic rings. The number of benzene rings is 2. The number of fused-ring (bicyclic) bond motifs is 2. The predicted octanol–water partition coefficient (Wildman–Crippen LogP) is 6.53. The molecular weight excluding hydrogens is 649 g/mol. The molecule has 1 aromatic heterocycles. The molecule has 0 N–H and O–H groups in total.